The highest BCUT2D eigenvalue weighted by Crippen LogP contribution is 1.82. The predicted molar refractivity (Wildman–Crippen MR) is 25.5 cm³/mol. The fraction of sp³-hybridized carbons (Fsp3) is 0.250. The molecule has 0 saturated carbocycles. The minimum Gasteiger partial charge on any atom is -0.262 e. The van der Waals surface area contributed by atoms with E-state index < -0.39 is 5.97 Å². The lowest BCUT2D eigenvalue weighted by Crippen LogP contribution is -2.01. The molecular formula is C4H6O5. The third-order valence-electron chi connectivity index (χ3n) is 0.379. The minimum absolute atomic E-state index is 0.757. The zero-order valence-corrected chi connectivity index (χ0v) is 4.83. The maximum absolute atomic E-state index is 10.1. The van der Waals surface area contributed by atoms with Gasteiger partial charge in [-0.2, -0.15) is 0 Å². The summed E-state index contributed by atoms with van der Waals surface area (Å²) in [6, 6.07) is 0. The molecule has 0 spiro atoms. The SMILES string of the molecule is C=CC(=O)OOOOC. The highest BCUT2D eigenvalue weighted by atomic mass is 17.7. The number of hydrogen-bond donors (Lipinski definition) is 0. The van der Waals surface area contributed by atoms with Crippen molar-refractivity contribution >= 4 is 5.97 Å². The molecule has 0 saturated heterocycles. The molecule has 0 heterocycles. The lowest BCUT2D eigenvalue weighted by atomic mass is 10.7. The fourth-order valence-electron chi connectivity index (χ4n) is 0.109. The zero-order chi connectivity index (χ0) is 7.11. The van der Waals surface area contributed by atoms with Crippen LogP contribution in [0.25, 0.3) is 0 Å². The van der Waals surface area contributed by atoms with Gasteiger partial charge < -0.3 is 0 Å². The van der Waals surface area contributed by atoms with Crippen molar-refractivity contribution in [1.82, 2.24) is 0 Å². The van der Waals surface area contributed by atoms with E-state index in [4.69, 9.17) is 0 Å². The van der Waals surface area contributed by atoms with Gasteiger partial charge in [0.2, 0.25) is 0 Å². The summed E-state index contributed by atoms with van der Waals surface area (Å²) in [4.78, 5) is 17.8. The van der Waals surface area contributed by atoms with Gasteiger partial charge in [-0.3, -0.25) is 4.89 Å². The molecule has 0 rings (SSSR count). The molecular weight excluding hydrogens is 128 g/mol. The van der Waals surface area contributed by atoms with E-state index in [-0.39, 0.29) is 0 Å². The molecule has 0 radical (unpaired) electrons. The maximum atomic E-state index is 10.1. The Kier molecular flexibility index (Phi) is 4.70. The first kappa shape index (κ1) is 8.09. The average molecular weight is 134 g/mol. The molecule has 0 aliphatic carbocycles. The van der Waals surface area contributed by atoms with Crippen molar-refractivity contribution < 1.29 is 24.6 Å². The van der Waals surface area contributed by atoms with Gasteiger partial charge in [-0.05, 0) is 5.04 Å². The van der Waals surface area contributed by atoms with E-state index in [0.717, 1.165) is 6.08 Å². The second-order valence-electron chi connectivity index (χ2n) is 0.909. The summed E-state index contributed by atoms with van der Waals surface area (Å²) in [5, 5.41) is 7.41. The van der Waals surface area contributed by atoms with Crippen molar-refractivity contribution in [3.63, 3.8) is 0 Å². The smallest absolute Gasteiger partial charge is 0.262 e. The molecule has 0 aliphatic heterocycles. The van der Waals surface area contributed by atoms with Crippen LogP contribution >= 0.6 is 0 Å². The normalized spacial score (nSPS) is 8.56. The molecule has 5 nitrogen and oxygen atoms in total. The van der Waals surface area contributed by atoms with Crippen molar-refractivity contribution in [3.8, 4) is 0 Å². The molecule has 52 valence electrons. The molecule has 9 heavy (non-hydrogen) atoms. The van der Waals surface area contributed by atoms with Gasteiger partial charge in [0.15, 0.2) is 0 Å². The van der Waals surface area contributed by atoms with Crippen LogP contribution in [0.2, 0.25) is 0 Å². The largest absolute Gasteiger partial charge is 0.368 e. The van der Waals surface area contributed by atoms with Crippen LogP contribution in [0, 0.1) is 0 Å². The van der Waals surface area contributed by atoms with Crippen molar-refractivity contribution in [2.24, 2.45) is 0 Å². The van der Waals surface area contributed by atoms with E-state index in [1.165, 1.54) is 7.11 Å². The van der Waals surface area contributed by atoms with Crippen molar-refractivity contribution in [1.29, 1.82) is 0 Å². The minimum atomic E-state index is -0.757. The van der Waals surface area contributed by atoms with Crippen LogP contribution in [0.15, 0.2) is 12.7 Å². The maximum Gasteiger partial charge on any atom is 0.368 e. The first-order chi connectivity index (χ1) is 4.31. The number of carbonyl (C=O) groups excluding carboxylic acids is 1. The summed E-state index contributed by atoms with van der Waals surface area (Å²) < 4.78 is 0. The van der Waals surface area contributed by atoms with Crippen LogP contribution in [-0.4, -0.2) is 13.1 Å². The molecule has 5 heteroatoms. The van der Waals surface area contributed by atoms with Gasteiger partial charge >= 0.3 is 5.97 Å². The highest BCUT2D eigenvalue weighted by Gasteiger charge is 1.94. The van der Waals surface area contributed by atoms with Crippen LogP contribution in [-0.2, 0) is 24.6 Å². The van der Waals surface area contributed by atoms with Crippen molar-refractivity contribution in [2.75, 3.05) is 7.11 Å². The van der Waals surface area contributed by atoms with E-state index in [0.29, 0.717) is 0 Å². The first-order valence-electron chi connectivity index (χ1n) is 2.01. The van der Waals surface area contributed by atoms with Crippen molar-refractivity contribution in [2.45, 2.75) is 0 Å². The average Bonchev–Trinajstić information content (AvgIpc) is 1.89. The Balaban J connectivity index is 3.07. The summed E-state index contributed by atoms with van der Waals surface area (Å²) in [6.07, 6.45) is 0.916. The summed E-state index contributed by atoms with van der Waals surface area (Å²) in [5.41, 5.74) is 0. The molecule has 0 N–H and O–H groups in total. The Bertz CT molecular complexity index is 99.1. The number of carbonyl (C=O) groups is 1. The third-order valence-corrected chi connectivity index (χ3v) is 0.379. The van der Waals surface area contributed by atoms with Gasteiger partial charge in [0, 0.05) is 11.1 Å². The molecule has 0 aromatic rings. The van der Waals surface area contributed by atoms with E-state index in [1.807, 2.05) is 0 Å². The summed E-state index contributed by atoms with van der Waals surface area (Å²) in [7, 11) is 1.20. The van der Waals surface area contributed by atoms with Gasteiger partial charge in [0.1, 0.15) is 0 Å². The third kappa shape index (κ3) is 4.95. The monoisotopic (exact) mass is 134 g/mol. The molecule has 0 fully saturated rings. The summed E-state index contributed by atoms with van der Waals surface area (Å²) in [6.45, 7) is 3.09. The lowest BCUT2D eigenvalue weighted by molar-refractivity contribution is -0.610. The lowest BCUT2D eigenvalue weighted by Gasteiger charge is -1.93. The van der Waals surface area contributed by atoms with Gasteiger partial charge in [-0.25, -0.2) is 9.68 Å². The van der Waals surface area contributed by atoms with Crippen LogP contribution in [0.4, 0.5) is 0 Å². The van der Waals surface area contributed by atoms with Gasteiger partial charge in [0.05, 0.1) is 7.11 Å². The van der Waals surface area contributed by atoms with Crippen LogP contribution in [0.1, 0.15) is 0 Å². The molecule has 0 aromatic carbocycles. The van der Waals surface area contributed by atoms with E-state index in [1.54, 1.807) is 0 Å². The highest BCUT2D eigenvalue weighted by molar-refractivity contribution is 5.80. The number of rotatable bonds is 4. The Morgan fingerprint density at radius 2 is 2.22 bits per heavy atom. The van der Waals surface area contributed by atoms with Gasteiger partial charge in [0.25, 0.3) is 0 Å². The fourth-order valence-corrected chi connectivity index (χ4v) is 0.109. The molecule has 0 atom stereocenters. The Labute approximate surface area is 51.5 Å². The van der Waals surface area contributed by atoms with Crippen molar-refractivity contribution in [3.05, 3.63) is 12.7 Å². The number of hydrogen-bond acceptors (Lipinski definition) is 5. The van der Waals surface area contributed by atoms with Gasteiger partial charge in [-0.1, -0.05) is 6.58 Å². The Hall–Kier alpha value is -0.910. The van der Waals surface area contributed by atoms with E-state index in [2.05, 4.69) is 26.4 Å². The quantitative estimate of drug-likeness (QED) is 0.237. The molecule has 0 aliphatic rings. The Morgan fingerprint density at radius 1 is 1.56 bits per heavy atom. The zero-order valence-electron chi connectivity index (χ0n) is 4.83. The standard InChI is InChI=1S/C4H6O5/c1-3-4(5)7-9-8-6-2/h3H,1H2,2H3. The Morgan fingerprint density at radius 3 is 2.67 bits per heavy atom. The molecule has 0 aromatic heterocycles. The summed E-state index contributed by atoms with van der Waals surface area (Å²) >= 11 is 0. The molecule has 0 unspecified atom stereocenters. The van der Waals surface area contributed by atoms with E-state index in [9.17, 15) is 4.79 Å². The van der Waals surface area contributed by atoms with Crippen LogP contribution < -0.4 is 0 Å². The van der Waals surface area contributed by atoms with Gasteiger partial charge in [-0.15, -0.1) is 0 Å². The molecule has 0 amide bonds. The summed E-state index contributed by atoms with van der Waals surface area (Å²) in [5.74, 6) is -0.757. The topological polar surface area (TPSA) is 54.0 Å². The predicted octanol–water partition coefficient (Wildman–Crippen LogP) is 0.140. The second-order valence-corrected chi connectivity index (χ2v) is 0.909. The second kappa shape index (κ2) is 5.23. The van der Waals surface area contributed by atoms with Crippen LogP contribution in [0.5, 0.6) is 0 Å². The van der Waals surface area contributed by atoms with E-state index >= 15 is 0 Å². The van der Waals surface area contributed by atoms with Crippen LogP contribution in [0.3, 0.4) is 0 Å². The first-order valence-corrected chi connectivity index (χ1v) is 2.01. The molecule has 0 bridgehead atoms.